The van der Waals surface area contributed by atoms with E-state index in [9.17, 15) is 14.4 Å². The van der Waals surface area contributed by atoms with Gasteiger partial charge in [0.1, 0.15) is 13.2 Å². The number of hydrogen-bond donors (Lipinski definition) is 0. The molecule has 0 saturated heterocycles. The Morgan fingerprint density at radius 2 is 0.435 bits per heavy atom. The first-order chi connectivity index (χ1) is 30.5. The molecule has 0 heterocycles. The molecule has 0 N–H and O–H groups in total. The Morgan fingerprint density at radius 3 is 0.645 bits per heavy atom. The molecule has 0 unspecified atom stereocenters. The molecule has 0 bridgehead atoms. The fraction of sp³-hybridized carbons (Fsp3) is 0.946. The fourth-order valence-corrected chi connectivity index (χ4v) is 8.62. The first-order valence-electron chi connectivity index (χ1n) is 28.0. The lowest BCUT2D eigenvalue weighted by Crippen LogP contribution is -2.30. The highest BCUT2D eigenvalue weighted by molar-refractivity contribution is 5.71. The number of rotatable bonds is 52. The molecule has 1 atom stereocenters. The fourth-order valence-electron chi connectivity index (χ4n) is 8.62. The van der Waals surface area contributed by atoms with Gasteiger partial charge in [-0.05, 0) is 19.3 Å². The van der Waals surface area contributed by atoms with Gasteiger partial charge in [-0.15, -0.1) is 0 Å². The van der Waals surface area contributed by atoms with E-state index < -0.39 is 6.10 Å². The van der Waals surface area contributed by atoms with Crippen LogP contribution in [-0.2, 0) is 28.6 Å². The Hall–Kier alpha value is -1.59. The van der Waals surface area contributed by atoms with Gasteiger partial charge in [-0.25, -0.2) is 0 Å². The zero-order chi connectivity index (χ0) is 45.1. The van der Waals surface area contributed by atoms with Crippen molar-refractivity contribution in [1.29, 1.82) is 0 Å². The summed E-state index contributed by atoms with van der Waals surface area (Å²) in [5, 5.41) is 0. The van der Waals surface area contributed by atoms with Crippen molar-refractivity contribution in [3.63, 3.8) is 0 Å². The highest BCUT2D eigenvalue weighted by Gasteiger charge is 2.19. The predicted molar refractivity (Wildman–Crippen MR) is 266 cm³/mol. The zero-order valence-electron chi connectivity index (χ0n) is 42.2. The number of carbonyl (C=O) groups excluding carboxylic acids is 3. The molecule has 0 rings (SSSR count). The maximum Gasteiger partial charge on any atom is 0.306 e. The molecule has 0 aliphatic heterocycles. The maximum atomic E-state index is 12.8. The van der Waals surface area contributed by atoms with Crippen molar-refractivity contribution in [3.8, 4) is 0 Å². The first kappa shape index (κ1) is 60.4. The summed E-state index contributed by atoms with van der Waals surface area (Å²) in [7, 11) is 0. The van der Waals surface area contributed by atoms with E-state index in [-0.39, 0.29) is 31.1 Å². The van der Waals surface area contributed by atoms with Gasteiger partial charge in [-0.2, -0.15) is 0 Å². The molecule has 0 amide bonds. The summed E-state index contributed by atoms with van der Waals surface area (Å²) >= 11 is 0. The summed E-state index contributed by atoms with van der Waals surface area (Å²) in [5.41, 5.74) is 0. The van der Waals surface area contributed by atoms with Crippen LogP contribution in [0.25, 0.3) is 0 Å². The number of ether oxygens (including phenoxy) is 3. The van der Waals surface area contributed by atoms with Crippen LogP contribution < -0.4 is 0 Å². The molecule has 0 aromatic rings. The smallest absolute Gasteiger partial charge is 0.306 e. The summed E-state index contributed by atoms with van der Waals surface area (Å²) in [6, 6.07) is 0. The summed E-state index contributed by atoms with van der Waals surface area (Å²) in [6.45, 7) is 6.68. The molecule has 6 heteroatoms. The van der Waals surface area contributed by atoms with Crippen LogP contribution in [0.15, 0.2) is 0 Å². The van der Waals surface area contributed by atoms with E-state index in [0.717, 1.165) is 57.8 Å². The monoisotopic (exact) mass is 877 g/mol. The van der Waals surface area contributed by atoms with Gasteiger partial charge in [-0.3, -0.25) is 14.4 Å². The van der Waals surface area contributed by atoms with Gasteiger partial charge in [0.2, 0.25) is 0 Å². The van der Waals surface area contributed by atoms with Gasteiger partial charge in [0, 0.05) is 19.3 Å². The average molecular weight is 877 g/mol. The molecule has 0 aliphatic rings. The van der Waals surface area contributed by atoms with E-state index >= 15 is 0 Å². The predicted octanol–water partition coefficient (Wildman–Crippen LogP) is 18.4. The first-order valence-corrected chi connectivity index (χ1v) is 28.0. The summed E-state index contributed by atoms with van der Waals surface area (Å²) in [4.78, 5) is 38.0. The molecule has 368 valence electrons. The molecule has 0 fully saturated rings. The normalized spacial score (nSPS) is 11.9. The molecule has 62 heavy (non-hydrogen) atoms. The van der Waals surface area contributed by atoms with Crippen LogP contribution in [0.4, 0.5) is 0 Å². The molecule has 0 spiro atoms. The SMILES string of the molecule is CCCCCCCCCCCCCCCCCCCCCC(=O)OC[C@@H](COC(=O)CCCCCCCCCCC)OC(=O)CCCCCCCCCCCCCCCCCC. The summed E-state index contributed by atoms with van der Waals surface area (Å²) in [5.74, 6) is -0.839. The Morgan fingerprint density at radius 1 is 0.258 bits per heavy atom. The lowest BCUT2D eigenvalue weighted by molar-refractivity contribution is -0.167. The van der Waals surface area contributed by atoms with Crippen molar-refractivity contribution in [2.24, 2.45) is 0 Å². The molecular formula is C56H108O6. The van der Waals surface area contributed by atoms with E-state index in [1.807, 2.05) is 0 Å². The molecule has 0 aromatic heterocycles. The van der Waals surface area contributed by atoms with Crippen LogP contribution in [0.1, 0.15) is 323 Å². The minimum absolute atomic E-state index is 0.0615. The van der Waals surface area contributed by atoms with Crippen LogP contribution in [0.2, 0.25) is 0 Å². The van der Waals surface area contributed by atoms with Crippen LogP contribution in [0.3, 0.4) is 0 Å². The van der Waals surface area contributed by atoms with E-state index in [1.165, 1.54) is 225 Å². The molecule has 0 aliphatic carbocycles. The van der Waals surface area contributed by atoms with Crippen molar-refractivity contribution in [2.45, 2.75) is 329 Å². The topological polar surface area (TPSA) is 78.9 Å². The van der Waals surface area contributed by atoms with Crippen LogP contribution in [-0.4, -0.2) is 37.2 Å². The van der Waals surface area contributed by atoms with Gasteiger partial charge in [0.15, 0.2) is 6.10 Å². The van der Waals surface area contributed by atoms with Crippen molar-refractivity contribution in [3.05, 3.63) is 0 Å². The van der Waals surface area contributed by atoms with E-state index in [1.54, 1.807) is 0 Å². The lowest BCUT2D eigenvalue weighted by atomic mass is 10.0. The quantitative estimate of drug-likeness (QED) is 0.0344. The Balaban J connectivity index is 4.20. The van der Waals surface area contributed by atoms with Crippen molar-refractivity contribution < 1.29 is 28.6 Å². The van der Waals surface area contributed by atoms with Crippen molar-refractivity contribution in [2.75, 3.05) is 13.2 Å². The van der Waals surface area contributed by atoms with E-state index in [2.05, 4.69) is 20.8 Å². The minimum atomic E-state index is -0.760. The van der Waals surface area contributed by atoms with Crippen LogP contribution in [0, 0.1) is 0 Å². The zero-order valence-corrected chi connectivity index (χ0v) is 42.2. The Kier molecular flexibility index (Phi) is 50.7. The third-order valence-corrected chi connectivity index (χ3v) is 12.9. The second-order valence-corrected chi connectivity index (χ2v) is 19.2. The maximum absolute atomic E-state index is 12.8. The van der Waals surface area contributed by atoms with Crippen molar-refractivity contribution >= 4 is 17.9 Å². The summed E-state index contributed by atoms with van der Waals surface area (Å²) in [6.07, 6.45) is 56.7. The van der Waals surface area contributed by atoms with Gasteiger partial charge in [-0.1, -0.05) is 284 Å². The standard InChI is InChI=1S/C56H108O6/c1-4-7-10-13-16-19-21-23-25-27-28-29-31-32-34-37-40-43-46-49-55(58)61-52-53(51-60-54(57)48-45-42-39-36-18-15-12-9-6-3)62-56(59)50-47-44-41-38-35-33-30-26-24-22-20-17-14-11-8-5-2/h53H,4-52H2,1-3H3/t53-/m1/s1. The van der Waals surface area contributed by atoms with Crippen LogP contribution in [0.5, 0.6) is 0 Å². The van der Waals surface area contributed by atoms with Gasteiger partial charge in [0.25, 0.3) is 0 Å². The number of carbonyl (C=O) groups is 3. The van der Waals surface area contributed by atoms with Gasteiger partial charge >= 0.3 is 17.9 Å². The minimum Gasteiger partial charge on any atom is -0.462 e. The van der Waals surface area contributed by atoms with Crippen LogP contribution >= 0.6 is 0 Å². The second kappa shape index (κ2) is 52.0. The lowest BCUT2D eigenvalue weighted by Gasteiger charge is -2.18. The molecule has 0 aromatic carbocycles. The molecule has 6 nitrogen and oxygen atoms in total. The molecule has 0 radical (unpaired) electrons. The van der Waals surface area contributed by atoms with Gasteiger partial charge in [0.05, 0.1) is 0 Å². The number of hydrogen-bond acceptors (Lipinski definition) is 6. The van der Waals surface area contributed by atoms with Crippen molar-refractivity contribution in [1.82, 2.24) is 0 Å². The third kappa shape index (κ3) is 49.4. The third-order valence-electron chi connectivity index (χ3n) is 12.9. The summed E-state index contributed by atoms with van der Waals surface area (Å²) < 4.78 is 16.8. The second-order valence-electron chi connectivity index (χ2n) is 19.2. The average Bonchev–Trinajstić information content (AvgIpc) is 3.27. The number of esters is 3. The van der Waals surface area contributed by atoms with Gasteiger partial charge < -0.3 is 14.2 Å². The highest BCUT2D eigenvalue weighted by Crippen LogP contribution is 2.17. The number of unbranched alkanes of at least 4 members (excludes halogenated alkanes) is 41. The largest absolute Gasteiger partial charge is 0.462 e. The Labute approximate surface area is 387 Å². The Bertz CT molecular complexity index is 920. The van der Waals surface area contributed by atoms with E-state index in [4.69, 9.17) is 14.2 Å². The highest BCUT2D eigenvalue weighted by atomic mass is 16.6. The molecule has 0 saturated carbocycles. The van der Waals surface area contributed by atoms with E-state index in [0.29, 0.717) is 19.3 Å². The molecular weight excluding hydrogens is 769 g/mol.